The van der Waals surface area contributed by atoms with Crippen LogP contribution in [-0.2, 0) is 4.74 Å². The van der Waals surface area contributed by atoms with E-state index in [2.05, 4.69) is 15.5 Å². The molecule has 2 saturated heterocycles. The summed E-state index contributed by atoms with van der Waals surface area (Å²) < 4.78 is 5.35. The molecule has 2 heterocycles. The lowest BCUT2D eigenvalue weighted by Gasteiger charge is -2.36. The van der Waals surface area contributed by atoms with Crippen LogP contribution in [0.5, 0.6) is 0 Å². The second-order valence-electron chi connectivity index (χ2n) is 7.44. The molecule has 5 heteroatoms. The fourth-order valence-electron chi connectivity index (χ4n) is 3.24. The summed E-state index contributed by atoms with van der Waals surface area (Å²) >= 11 is 0. The van der Waals surface area contributed by atoms with Crippen molar-refractivity contribution in [2.45, 2.75) is 58.1 Å². The summed E-state index contributed by atoms with van der Waals surface area (Å²) in [4.78, 5) is 14.4. The number of nitrogens with zero attached hydrogens (tertiary/aromatic N) is 1. The van der Waals surface area contributed by atoms with Crippen molar-refractivity contribution in [2.24, 2.45) is 5.92 Å². The van der Waals surface area contributed by atoms with Crippen molar-refractivity contribution in [3.05, 3.63) is 0 Å². The first-order chi connectivity index (χ1) is 9.92. The molecule has 0 bridgehead atoms. The smallest absolute Gasteiger partial charge is 0.407 e. The minimum Gasteiger partial charge on any atom is -0.444 e. The van der Waals surface area contributed by atoms with Gasteiger partial charge < -0.3 is 20.3 Å². The fraction of sp³-hybridized carbons (Fsp3) is 0.938. The number of hydrogen-bond donors (Lipinski definition) is 2. The normalized spacial score (nSPS) is 25.6. The van der Waals surface area contributed by atoms with Crippen LogP contribution in [0.25, 0.3) is 0 Å². The van der Waals surface area contributed by atoms with Crippen LogP contribution in [0, 0.1) is 5.92 Å². The highest BCUT2D eigenvalue weighted by atomic mass is 16.6. The molecule has 2 aliphatic rings. The van der Waals surface area contributed by atoms with Crippen molar-refractivity contribution in [3.8, 4) is 0 Å². The Kier molecular flexibility index (Phi) is 5.88. The molecule has 0 aromatic carbocycles. The molecule has 0 aromatic heterocycles. The van der Waals surface area contributed by atoms with Crippen LogP contribution < -0.4 is 10.6 Å². The Balaban J connectivity index is 1.73. The number of hydrogen-bond acceptors (Lipinski definition) is 4. The fourth-order valence-corrected chi connectivity index (χ4v) is 3.24. The van der Waals surface area contributed by atoms with E-state index in [1.807, 2.05) is 20.8 Å². The Labute approximate surface area is 128 Å². The zero-order chi connectivity index (χ0) is 15.3. The molecular weight excluding hydrogens is 266 g/mol. The highest BCUT2D eigenvalue weighted by Gasteiger charge is 2.25. The summed E-state index contributed by atoms with van der Waals surface area (Å²) in [6, 6.07) is 0.232. The Morgan fingerprint density at radius 3 is 2.67 bits per heavy atom. The average Bonchev–Trinajstić information content (AvgIpc) is 2.38. The van der Waals surface area contributed by atoms with Crippen molar-refractivity contribution in [3.63, 3.8) is 0 Å². The number of rotatable bonds is 3. The highest BCUT2D eigenvalue weighted by Crippen LogP contribution is 2.18. The van der Waals surface area contributed by atoms with Gasteiger partial charge in [0.2, 0.25) is 0 Å². The Morgan fingerprint density at radius 2 is 2.00 bits per heavy atom. The standard InChI is InChI=1S/C16H31N3O2/c1-16(2,3)21-15(20)18-14-5-4-10-19(12-14)11-13-6-8-17-9-7-13/h13-14,17H,4-12H2,1-3H3,(H,18,20). The molecule has 21 heavy (non-hydrogen) atoms. The largest absolute Gasteiger partial charge is 0.444 e. The summed E-state index contributed by atoms with van der Waals surface area (Å²) in [6.45, 7) is 11.3. The van der Waals surface area contributed by atoms with Gasteiger partial charge in [-0.15, -0.1) is 0 Å². The number of amides is 1. The van der Waals surface area contributed by atoms with Crippen LogP contribution in [0.4, 0.5) is 4.79 Å². The maximum atomic E-state index is 11.9. The van der Waals surface area contributed by atoms with Gasteiger partial charge in [0.25, 0.3) is 0 Å². The van der Waals surface area contributed by atoms with Gasteiger partial charge in [0.15, 0.2) is 0 Å². The van der Waals surface area contributed by atoms with E-state index in [0.717, 1.165) is 44.9 Å². The van der Waals surface area contributed by atoms with Crippen LogP contribution in [-0.4, -0.2) is 55.4 Å². The third kappa shape index (κ3) is 6.22. The molecule has 0 spiro atoms. The summed E-state index contributed by atoms with van der Waals surface area (Å²) in [7, 11) is 0. The van der Waals surface area contributed by atoms with E-state index in [1.165, 1.54) is 19.4 Å². The first kappa shape index (κ1) is 16.6. The lowest BCUT2D eigenvalue weighted by atomic mass is 9.96. The second kappa shape index (κ2) is 7.45. The first-order valence-electron chi connectivity index (χ1n) is 8.35. The number of piperidine rings is 2. The van der Waals surface area contributed by atoms with Crippen molar-refractivity contribution in [1.29, 1.82) is 0 Å². The molecule has 122 valence electrons. The molecular formula is C16H31N3O2. The molecule has 0 aliphatic carbocycles. The van der Waals surface area contributed by atoms with Crippen LogP contribution in [0.1, 0.15) is 46.5 Å². The van der Waals surface area contributed by atoms with Crippen LogP contribution in [0.3, 0.4) is 0 Å². The molecule has 0 saturated carbocycles. The molecule has 1 atom stereocenters. The van der Waals surface area contributed by atoms with Gasteiger partial charge in [-0.3, -0.25) is 0 Å². The van der Waals surface area contributed by atoms with Crippen molar-refractivity contribution < 1.29 is 9.53 Å². The first-order valence-corrected chi connectivity index (χ1v) is 8.35. The lowest BCUT2D eigenvalue weighted by molar-refractivity contribution is 0.0465. The molecule has 1 unspecified atom stereocenters. The van der Waals surface area contributed by atoms with Crippen molar-refractivity contribution in [1.82, 2.24) is 15.5 Å². The Hall–Kier alpha value is -0.810. The third-order valence-electron chi connectivity index (χ3n) is 4.20. The minimum atomic E-state index is -0.423. The molecule has 2 fully saturated rings. The summed E-state index contributed by atoms with van der Waals surface area (Å²) in [5, 5.41) is 6.44. The molecule has 0 radical (unpaired) electrons. The van der Waals surface area contributed by atoms with Crippen LogP contribution >= 0.6 is 0 Å². The molecule has 2 aliphatic heterocycles. The van der Waals surface area contributed by atoms with Gasteiger partial charge in [0, 0.05) is 19.1 Å². The SMILES string of the molecule is CC(C)(C)OC(=O)NC1CCCN(CC2CCNCC2)C1. The summed E-state index contributed by atoms with van der Waals surface area (Å²) in [6.07, 6.45) is 4.49. The Morgan fingerprint density at radius 1 is 1.29 bits per heavy atom. The molecule has 2 rings (SSSR count). The van der Waals surface area contributed by atoms with Crippen molar-refractivity contribution in [2.75, 3.05) is 32.7 Å². The number of likely N-dealkylation sites (tertiary alicyclic amines) is 1. The second-order valence-corrected chi connectivity index (χ2v) is 7.44. The number of carbonyl (C=O) groups excluding carboxylic acids is 1. The van der Waals surface area contributed by atoms with Gasteiger partial charge in [-0.2, -0.15) is 0 Å². The molecule has 5 nitrogen and oxygen atoms in total. The number of nitrogens with one attached hydrogen (secondary N) is 2. The predicted octanol–water partition coefficient (Wildman–Crippen LogP) is 1.98. The van der Waals surface area contributed by atoms with E-state index in [-0.39, 0.29) is 12.1 Å². The van der Waals surface area contributed by atoms with Crippen LogP contribution in [0.15, 0.2) is 0 Å². The van der Waals surface area contributed by atoms with E-state index >= 15 is 0 Å². The van der Waals surface area contributed by atoms with Crippen molar-refractivity contribution >= 4 is 6.09 Å². The van der Waals surface area contributed by atoms with Gasteiger partial charge in [-0.25, -0.2) is 4.79 Å². The monoisotopic (exact) mass is 297 g/mol. The van der Waals surface area contributed by atoms with E-state index in [9.17, 15) is 4.79 Å². The molecule has 2 N–H and O–H groups in total. The molecule has 1 amide bonds. The number of carbonyl (C=O) groups is 1. The highest BCUT2D eigenvalue weighted by molar-refractivity contribution is 5.68. The maximum Gasteiger partial charge on any atom is 0.407 e. The quantitative estimate of drug-likeness (QED) is 0.836. The van der Waals surface area contributed by atoms with Gasteiger partial charge in [-0.1, -0.05) is 0 Å². The van der Waals surface area contributed by atoms with E-state index < -0.39 is 5.60 Å². The predicted molar refractivity (Wildman–Crippen MR) is 84.4 cm³/mol. The Bertz CT molecular complexity index is 335. The van der Waals surface area contributed by atoms with Gasteiger partial charge in [0.05, 0.1) is 0 Å². The maximum absolute atomic E-state index is 11.9. The van der Waals surface area contributed by atoms with Crippen LogP contribution in [0.2, 0.25) is 0 Å². The zero-order valence-electron chi connectivity index (χ0n) is 13.8. The molecule has 0 aromatic rings. The van der Waals surface area contributed by atoms with E-state index in [4.69, 9.17) is 4.74 Å². The van der Waals surface area contributed by atoms with Gasteiger partial charge >= 0.3 is 6.09 Å². The zero-order valence-corrected chi connectivity index (χ0v) is 13.8. The minimum absolute atomic E-state index is 0.232. The lowest BCUT2D eigenvalue weighted by Crippen LogP contribution is -2.50. The van der Waals surface area contributed by atoms with E-state index in [1.54, 1.807) is 0 Å². The third-order valence-corrected chi connectivity index (χ3v) is 4.20. The number of alkyl carbamates (subject to hydrolysis) is 1. The topological polar surface area (TPSA) is 53.6 Å². The van der Waals surface area contributed by atoms with Gasteiger partial charge in [0.1, 0.15) is 5.60 Å². The average molecular weight is 297 g/mol. The summed E-state index contributed by atoms with van der Waals surface area (Å²) in [5.74, 6) is 0.812. The van der Waals surface area contributed by atoms with Gasteiger partial charge in [-0.05, 0) is 72.0 Å². The number of ether oxygens (including phenoxy) is 1. The van der Waals surface area contributed by atoms with E-state index in [0.29, 0.717) is 0 Å². The summed E-state index contributed by atoms with van der Waals surface area (Å²) in [5.41, 5.74) is -0.423.